The summed E-state index contributed by atoms with van der Waals surface area (Å²) >= 11 is 2.16. The van der Waals surface area contributed by atoms with Crippen LogP contribution in [0, 0.1) is 0 Å². The van der Waals surface area contributed by atoms with E-state index in [1.165, 1.54) is 6.20 Å². The summed E-state index contributed by atoms with van der Waals surface area (Å²) in [5.41, 5.74) is 8.32. The molecule has 0 saturated heterocycles. The number of nitrogens with two attached hydrogens (primary N) is 1. The second kappa shape index (κ2) is 7.67. The van der Waals surface area contributed by atoms with Gasteiger partial charge in [-0.15, -0.1) is 12.4 Å². The Hall–Kier alpha value is -2.06. The van der Waals surface area contributed by atoms with E-state index in [9.17, 15) is 4.79 Å². The highest BCUT2D eigenvalue weighted by molar-refractivity contribution is 14.1. The lowest BCUT2D eigenvalue weighted by Crippen LogP contribution is -2.16. The minimum Gasteiger partial charge on any atom is -0.497 e. The number of carbonyl (C=O) groups excluding carboxylic acids is 1. The fraction of sp³-hybridized carbons (Fsp3) is 0.0588. The molecule has 3 rings (SSSR count). The zero-order chi connectivity index (χ0) is 16.4. The Balaban J connectivity index is 0.00000208. The highest BCUT2D eigenvalue weighted by atomic mass is 127. The van der Waals surface area contributed by atoms with Crippen molar-refractivity contribution in [3.05, 3.63) is 60.3 Å². The van der Waals surface area contributed by atoms with Crippen LogP contribution in [0.3, 0.4) is 0 Å². The van der Waals surface area contributed by atoms with Crippen molar-refractivity contribution in [1.29, 1.82) is 0 Å². The first-order valence-electron chi connectivity index (χ1n) is 6.89. The highest BCUT2D eigenvalue weighted by Crippen LogP contribution is 2.38. The fourth-order valence-corrected chi connectivity index (χ4v) is 3.20. The van der Waals surface area contributed by atoms with Crippen molar-refractivity contribution in [3.8, 4) is 5.75 Å². The minimum absolute atomic E-state index is 0. The van der Waals surface area contributed by atoms with Crippen molar-refractivity contribution in [1.82, 2.24) is 4.98 Å². The lowest BCUT2D eigenvalue weighted by molar-refractivity contribution is 0.100. The third-order valence-corrected chi connectivity index (χ3v) is 4.53. The highest BCUT2D eigenvalue weighted by Gasteiger charge is 2.19. The summed E-state index contributed by atoms with van der Waals surface area (Å²) in [4.78, 5) is 16.2. The van der Waals surface area contributed by atoms with Crippen molar-refractivity contribution in [2.24, 2.45) is 5.73 Å². The van der Waals surface area contributed by atoms with Gasteiger partial charge in [0.25, 0.3) is 5.91 Å². The standard InChI is InChI=1S/C17H14IN3O2.ClH/c1-23-12-6-4-5-11(9-12)21(18)16-13-7-2-3-8-15(13)20-10-14(16)17(19)22;/h2-10H,1H3,(H2,19,22);1H. The van der Waals surface area contributed by atoms with Gasteiger partial charge in [0.05, 0.1) is 52.4 Å². The van der Waals surface area contributed by atoms with Crippen LogP contribution in [-0.2, 0) is 0 Å². The van der Waals surface area contributed by atoms with E-state index in [1.54, 1.807) is 7.11 Å². The molecule has 0 unspecified atom stereocenters. The molecule has 1 heterocycles. The number of benzene rings is 2. The van der Waals surface area contributed by atoms with Gasteiger partial charge >= 0.3 is 0 Å². The molecule has 124 valence electrons. The maximum Gasteiger partial charge on any atom is 0.252 e. The van der Waals surface area contributed by atoms with Gasteiger partial charge in [0.1, 0.15) is 5.75 Å². The van der Waals surface area contributed by atoms with Gasteiger partial charge in [-0.3, -0.25) is 12.9 Å². The lowest BCUT2D eigenvalue weighted by atomic mass is 10.1. The third kappa shape index (κ3) is 3.39. The Morgan fingerprint density at radius 2 is 1.96 bits per heavy atom. The van der Waals surface area contributed by atoms with Crippen LogP contribution >= 0.6 is 35.3 Å². The summed E-state index contributed by atoms with van der Waals surface area (Å²) in [6, 6.07) is 15.2. The second-order valence-corrected chi connectivity index (χ2v) is 5.85. The van der Waals surface area contributed by atoms with Crippen LogP contribution in [0.2, 0.25) is 0 Å². The second-order valence-electron chi connectivity index (χ2n) is 4.88. The molecule has 0 saturated carbocycles. The van der Waals surface area contributed by atoms with Crippen molar-refractivity contribution in [3.63, 3.8) is 0 Å². The Labute approximate surface area is 159 Å². The number of rotatable bonds is 4. The third-order valence-electron chi connectivity index (χ3n) is 3.49. The number of amides is 1. The first-order valence-corrected chi connectivity index (χ1v) is 7.86. The smallest absolute Gasteiger partial charge is 0.252 e. The van der Waals surface area contributed by atoms with Crippen molar-refractivity contribution in [2.75, 3.05) is 10.2 Å². The van der Waals surface area contributed by atoms with Gasteiger partial charge in [-0.1, -0.05) is 24.3 Å². The molecular weight excluding hydrogens is 441 g/mol. The van der Waals surface area contributed by atoms with E-state index in [1.807, 2.05) is 51.6 Å². The number of para-hydroxylation sites is 1. The number of ether oxygens (including phenoxy) is 1. The molecule has 0 aliphatic heterocycles. The molecular formula is C17H15ClIN3O2. The molecule has 0 fully saturated rings. The average molecular weight is 456 g/mol. The van der Waals surface area contributed by atoms with E-state index in [-0.39, 0.29) is 12.4 Å². The van der Waals surface area contributed by atoms with Crippen LogP contribution in [0.1, 0.15) is 10.4 Å². The summed E-state index contributed by atoms with van der Waals surface area (Å²) in [7, 11) is 1.62. The van der Waals surface area contributed by atoms with Crippen LogP contribution in [0.4, 0.5) is 11.4 Å². The molecule has 2 aromatic carbocycles. The molecule has 1 amide bonds. The van der Waals surface area contributed by atoms with Gasteiger partial charge in [0, 0.05) is 17.6 Å². The molecule has 0 radical (unpaired) electrons. The fourth-order valence-electron chi connectivity index (χ4n) is 2.38. The Kier molecular flexibility index (Phi) is 5.84. The molecule has 0 spiro atoms. The molecule has 0 bridgehead atoms. The number of aromatic nitrogens is 1. The summed E-state index contributed by atoms with van der Waals surface area (Å²) in [6.45, 7) is 0. The van der Waals surface area contributed by atoms with Gasteiger partial charge in [0.2, 0.25) is 0 Å². The van der Waals surface area contributed by atoms with Gasteiger partial charge in [-0.05, 0) is 18.2 Å². The molecule has 24 heavy (non-hydrogen) atoms. The van der Waals surface area contributed by atoms with E-state index in [0.29, 0.717) is 5.56 Å². The summed E-state index contributed by atoms with van der Waals surface area (Å²) in [6.07, 6.45) is 1.52. The van der Waals surface area contributed by atoms with Crippen molar-refractivity contribution >= 4 is 63.5 Å². The van der Waals surface area contributed by atoms with Crippen LogP contribution < -0.4 is 13.6 Å². The minimum atomic E-state index is -0.511. The molecule has 7 heteroatoms. The van der Waals surface area contributed by atoms with E-state index in [2.05, 4.69) is 27.8 Å². The molecule has 5 nitrogen and oxygen atoms in total. The number of nitrogens with zero attached hydrogens (tertiary/aromatic N) is 2. The number of fused-ring (bicyclic) bond motifs is 1. The van der Waals surface area contributed by atoms with E-state index in [4.69, 9.17) is 10.5 Å². The average Bonchev–Trinajstić information content (AvgIpc) is 2.60. The molecule has 0 aliphatic rings. The summed E-state index contributed by atoms with van der Waals surface area (Å²) in [5, 5.41) is 0.862. The zero-order valence-corrected chi connectivity index (χ0v) is 15.7. The van der Waals surface area contributed by atoms with E-state index < -0.39 is 5.91 Å². The van der Waals surface area contributed by atoms with Gasteiger partial charge in [-0.2, -0.15) is 0 Å². The maximum atomic E-state index is 11.9. The molecule has 0 atom stereocenters. The Morgan fingerprint density at radius 3 is 2.67 bits per heavy atom. The first-order chi connectivity index (χ1) is 11.1. The Bertz CT molecular complexity index is 889. The number of methoxy groups -OCH3 is 1. The number of primary amides is 1. The molecule has 1 aromatic heterocycles. The SMILES string of the molecule is COc1cccc(N(I)c2c(C(N)=O)cnc3ccccc23)c1.Cl. The van der Waals surface area contributed by atoms with Gasteiger partial charge in [0.15, 0.2) is 0 Å². The number of halogens is 2. The topological polar surface area (TPSA) is 68.5 Å². The van der Waals surface area contributed by atoms with Crippen LogP contribution in [0.15, 0.2) is 54.7 Å². The molecule has 3 aromatic rings. The normalized spacial score (nSPS) is 10.1. The predicted octanol–water partition coefficient (Wildman–Crippen LogP) is 4.25. The largest absolute Gasteiger partial charge is 0.497 e. The van der Waals surface area contributed by atoms with Crippen molar-refractivity contribution < 1.29 is 9.53 Å². The number of hydrogen-bond donors (Lipinski definition) is 1. The van der Waals surface area contributed by atoms with Crippen LogP contribution in [0.25, 0.3) is 10.9 Å². The quantitative estimate of drug-likeness (QED) is 0.472. The molecule has 2 N–H and O–H groups in total. The van der Waals surface area contributed by atoms with Crippen molar-refractivity contribution in [2.45, 2.75) is 0 Å². The first kappa shape index (κ1) is 18.3. The lowest BCUT2D eigenvalue weighted by Gasteiger charge is -2.21. The number of carbonyl (C=O) groups is 1. The van der Waals surface area contributed by atoms with Crippen LogP contribution in [-0.4, -0.2) is 18.0 Å². The number of pyridine rings is 1. The predicted molar refractivity (Wildman–Crippen MR) is 107 cm³/mol. The number of hydrogen-bond acceptors (Lipinski definition) is 4. The van der Waals surface area contributed by atoms with Crippen LogP contribution in [0.5, 0.6) is 5.75 Å². The van der Waals surface area contributed by atoms with E-state index >= 15 is 0 Å². The molecule has 0 aliphatic carbocycles. The maximum absolute atomic E-state index is 11.9. The monoisotopic (exact) mass is 455 g/mol. The van der Waals surface area contributed by atoms with Gasteiger partial charge < -0.3 is 10.5 Å². The van der Waals surface area contributed by atoms with Gasteiger partial charge in [-0.25, -0.2) is 0 Å². The summed E-state index contributed by atoms with van der Waals surface area (Å²) < 4.78 is 7.17. The zero-order valence-electron chi connectivity index (χ0n) is 12.8. The number of anilines is 2. The Morgan fingerprint density at radius 1 is 1.21 bits per heavy atom. The van der Waals surface area contributed by atoms with E-state index in [0.717, 1.165) is 28.0 Å². The summed E-state index contributed by atoms with van der Waals surface area (Å²) in [5.74, 6) is 0.228.